The van der Waals surface area contributed by atoms with Crippen LogP contribution < -0.4 is 4.74 Å². The fourth-order valence-corrected chi connectivity index (χ4v) is 4.50. The molecule has 2 aliphatic heterocycles. The molecule has 2 aliphatic rings. The number of rotatable bonds is 8. The van der Waals surface area contributed by atoms with Crippen LogP contribution >= 0.6 is 0 Å². The average Bonchev–Trinajstić information content (AvgIpc) is 2.87. The highest BCUT2D eigenvalue weighted by Crippen LogP contribution is 2.49. The van der Waals surface area contributed by atoms with Crippen LogP contribution in [0.4, 0.5) is 0 Å². The topological polar surface area (TPSA) is 247 Å². The van der Waals surface area contributed by atoms with Crippen molar-refractivity contribution in [1.29, 1.82) is 0 Å². The normalized spacial score (nSPS) is 36.4. The van der Waals surface area contributed by atoms with Gasteiger partial charge in [0.2, 0.25) is 6.29 Å². The molecule has 2 heterocycles. The lowest BCUT2D eigenvalue weighted by Crippen LogP contribution is -2.60. The summed E-state index contributed by atoms with van der Waals surface area (Å²) in [4.78, 5) is 13.1. The SMILES string of the molecule is CCCC(=O)c1c(O)c(C2OC(CO)C(O)C(O)C2O)c(O)c(C)c1OC1OC(CO)C(O)C(O)C1O. The van der Waals surface area contributed by atoms with Crippen molar-refractivity contribution in [1.82, 2.24) is 0 Å². The number of ketones is 1. The van der Waals surface area contributed by atoms with Crippen LogP contribution in [0, 0.1) is 6.92 Å². The molecule has 1 aromatic carbocycles. The maximum Gasteiger partial charge on any atom is 0.229 e. The third-order valence-corrected chi connectivity index (χ3v) is 6.69. The number of aliphatic hydroxyl groups excluding tert-OH is 8. The number of phenols is 2. The lowest BCUT2D eigenvalue weighted by Gasteiger charge is -2.41. The summed E-state index contributed by atoms with van der Waals surface area (Å²) in [6, 6.07) is 0. The summed E-state index contributed by atoms with van der Waals surface area (Å²) >= 11 is 0. The van der Waals surface area contributed by atoms with Crippen LogP contribution in [0.5, 0.6) is 17.2 Å². The Balaban J connectivity index is 2.14. The van der Waals surface area contributed by atoms with Crippen molar-refractivity contribution in [2.24, 2.45) is 0 Å². The number of carbonyl (C=O) groups is 1. The third kappa shape index (κ3) is 5.27. The maximum absolute atomic E-state index is 13.1. The number of carbonyl (C=O) groups excluding carboxylic acids is 1. The molecule has 2 fully saturated rings. The maximum atomic E-state index is 13.1. The van der Waals surface area contributed by atoms with Crippen LogP contribution in [0.1, 0.15) is 47.4 Å². The van der Waals surface area contributed by atoms with Gasteiger partial charge in [0.1, 0.15) is 77.7 Å². The van der Waals surface area contributed by atoms with Gasteiger partial charge in [-0.3, -0.25) is 4.79 Å². The summed E-state index contributed by atoms with van der Waals surface area (Å²) in [5, 5.41) is 102. The lowest BCUT2D eigenvalue weighted by molar-refractivity contribution is -0.277. The predicted octanol–water partition coefficient (Wildman–Crippen LogP) is -2.92. The molecule has 210 valence electrons. The Labute approximate surface area is 211 Å². The molecule has 0 aromatic heterocycles. The Kier molecular flexibility index (Phi) is 9.34. The Morgan fingerprint density at radius 2 is 1.35 bits per heavy atom. The van der Waals surface area contributed by atoms with Crippen molar-refractivity contribution in [3.63, 3.8) is 0 Å². The van der Waals surface area contributed by atoms with Crippen molar-refractivity contribution in [3.05, 3.63) is 16.7 Å². The summed E-state index contributed by atoms with van der Waals surface area (Å²) < 4.78 is 16.4. The van der Waals surface area contributed by atoms with Crippen LogP contribution in [0.2, 0.25) is 0 Å². The Morgan fingerprint density at radius 3 is 1.89 bits per heavy atom. The molecular weight excluding hydrogens is 500 g/mol. The quantitative estimate of drug-likeness (QED) is 0.150. The largest absolute Gasteiger partial charge is 0.507 e. The first-order valence-corrected chi connectivity index (χ1v) is 11.8. The van der Waals surface area contributed by atoms with E-state index in [0.29, 0.717) is 6.42 Å². The van der Waals surface area contributed by atoms with E-state index in [4.69, 9.17) is 14.2 Å². The molecule has 0 saturated carbocycles. The number of hydrogen-bond donors (Lipinski definition) is 10. The minimum absolute atomic E-state index is 0.114. The van der Waals surface area contributed by atoms with Crippen molar-refractivity contribution < 1.29 is 70.1 Å². The molecule has 0 bridgehead atoms. The fourth-order valence-electron chi connectivity index (χ4n) is 4.50. The van der Waals surface area contributed by atoms with E-state index in [1.54, 1.807) is 6.92 Å². The van der Waals surface area contributed by atoms with E-state index in [0.717, 1.165) is 0 Å². The van der Waals surface area contributed by atoms with Gasteiger partial charge >= 0.3 is 0 Å². The molecule has 14 heteroatoms. The number of aromatic hydroxyl groups is 2. The van der Waals surface area contributed by atoms with Crippen molar-refractivity contribution in [2.45, 2.75) is 87.9 Å². The van der Waals surface area contributed by atoms with Crippen molar-refractivity contribution in [3.8, 4) is 17.2 Å². The molecule has 14 nitrogen and oxygen atoms in total. The second-order valence-corrected chi connectivity index (χ2v) is 9.18. The lowest BCUT2D eigenvalue weighted by atomic mass is 9.87. The van der Waals surface area contributed by atoms with Crippen LogP contribution in [-0.4, -0.2) is 125 Å². The molecule has 3 rings (SSSR count). The van der Waals surface area contributed by atoms with Crippen LogP contribution in [-0.2, 0) is 9.47 Å². The Morgan fingerprint density at radius 1 is 0.811 bits per heavy atom. The van der Waals surface area contributed by atoms with Gasteiger partial charge < -0.3 is 65.3 Å². The molecule has 2 saturated heterocycles. The smallest absolute Gasteiger partial charge is 0.229 e. The van der Waals surface area contributed by atoms with Crippen LogP contribution in [0.15, 0.2) is 0 Å². The number of ether oxygens (including phenoxy) is 3. The second kappa shape index (κ2) is 11.7. The van der Waals surface area contributed by atoms with Gasteiger partial charge in [0.05, 0.1) is 18.8 Å². The van der Waals surface area contributed by atoms with Crippen molar-refractivity contribution >= 4 is 5.78 Å². The number of phenolic OH excluding ortho intramolecular Hbond substituents is 2. The number of hydrogen-bond acceptors (Lipinski definition) is 14. The molecule has 37 heavy (non-hydrogen) atoms. The van der Waals surface area contributed by atoms with Gasteiger partial charge in [-0.1, -0.05) is 6.92 Å². The molecule has 0 radical (unpaired) electrons. The first-order chi connectivity index (χ1) is 17.4. The van der Waals surface area contributed by atoms with Gasteiger partial charge in [0.15, 0.2) is 5.78 Å². The Hall–Kier alpha value is -2.11. The van der Waals surface area contributed by atoms with Crippen molar-refractivity contribution in [2.75, 3.05) is 13.2 Å². The van der Waals surface area contributed by atoms with Gasteiger partial charge in [-0.2, -0.15) is 0 Å². The third-order valence-electron chi connectivity index (χ3n) is 6.69. The Bertz CT molecular complexity index is 965. The highest BCUT2D eigenvalue weighted by Gasteiger charge is 2.48. The summed E-state index contributed by atoms with van der Waals surface area (Å²) in [6.07, 6.45) is -16.7. The summed E-state index contributed by atoms with van der Waals surface area (Å²) in [6.45, 7) is 1.42. The molecule has 0 aliphatic carbocycles. The predicted molar refractivity (Wildman–Crippen MR) is 121 cm³/mol. The van der Waals surface area contributed by atoms with E-state index in [-0.39, 0.29) is 12.0 Å². The zero-order valence-corrected chi connectivity index (χ0v) is 20.2. The van der Waals surface area contributed by atoms with E-state index >= 15 is 0 Å². The highest BCUT2D eigenvalue weighted by molar-refractivity contribution is 6.02. The molecule has 0 spiro atoms. The number of Topliss-reactive ketones (excluding diaryl/α,β-unsaturated/α-hetero) is 1. The van der Waals surface area contributed by atoms with Gasteiger partial charge in [-0.25, -0.2) is 0 Å². The molecule has 0 amide bonds. The van der Waals surface area contributed by atoms with E-state index in [9.17, 15) is 55.9 Å². The minimum Gasteiger partial charge on any atom is -0.507 e. The molecule has 10 N–H and O–H groups in total. The summed E-state index contributed by atoms with van der Waals surface area (Å²) in [5.74, 6) is -2.78. The molecule has 10 atom stereocenters. The molecule has 1 aromatic rings. The van der Waals surface area contributed by atoms with E-state index < -0.39 is 109 Å². The van der Waals surface area contributed by atoms with Crippen LogP contribution in [0.25, 0.3) is 0 Å². The van der Waals surface area contributed by atoms with Gasteiger partial charge in [-0.15, -0.1) is 0 Å². The first kappa shape index (κ1) is 29.4. The summed E-state index contributed by atoms with van der Waals surface area (Å²) in [7, 11) is 0. The first-order valence-electron chi connectivity index (χ1n) is 11.8. The highest BCUT2D eigenvalue weighted by atomic mass is 16.7. The second-order valence-electron chi connectivity index (χ2n) is 9.18. The number of aliphatic hydroxyl groups is 8. The monoisotopic (exact) mass is 534 g/mol. The van der Waals surface area contributed by atoms with E-state index in [1.807, 2.05) is 0 Å². The summed E-state index contributed by atoms with van der Waals surface area (Å²) in [5.41, 5.74) is -1.21. The van der Waals surface area contributed by atoms with Gasteiger partial charge in [0.25, 0.3) is 0 Å². The van der Waals surface area contributed by atoms with E-state index in [1.165, 1.54) is 6.92 Å². The van der Waals surface area contributed by atoms with Gasteiger partial charge in [0, 0.05) is 12.0 Å². The fraction of sp³-hybridized carbons (Fsp3) is 0.696. The zero-order valence-electron chi connectivity index (χ0n) is 20.2. The van der Waals surface area contributed by atoms with Gasteiger partial charge in [-0.05, 0) is 13.3 Å². The minimum atomic E-state index is -1.89. The molecular formula is C23H34O14. The number of benzene rings is 1. The van der Waals surface area contributed by atoms with Crippen LogP contribution in [0.3, 0.4) is 0 Å². The standard InChI is InChI=1S/C23H34O14/c1-3-4-8(26)11-16(30)12(22-19(33)17(31)14(28)9(5-24)35-22)13(27)7(2)21(11)37-23-20(34)18(32)15(29)10(6-25)36-23/h9-10,14-15,17-20,22-25,27-34H,3-6H2,1-2H3. The van der Waals surface area contributed by atoms with E-state index in [2.05, 4.69) is 0 Å². The zero-order chi connectivity index (χ0) is 27.8. The molecule has 10 unspecified atom stereocenters. The average molecular weight is 535 g/mol.